The first-order chi connectivity index (χ1) is 38.6. The van der Waals surface area contributed by atoms with Crippen LogP contribution in [0.1, 0.15) is 90.1 Å². The minimum atomic E-state index is -5.26. The van der Waals surface area contributed by atoms with E-state index in [4.69, 9.17) is 9.47 Å². The number of fused-ring (bicyclic) bond motifs is 2. The normalized spacial score (nSPS) is 18.6. The average Bonchev–Trinajstić information content (AvgIpc) is 2.97. The summed E-state index contributed by atoms with van der Waals surface area (Å²) in [5.74, 6) is 0.625. The molecule has 6 N–H and O–H groups in total. The number of carboxylic acid groups (broad SMARTS) is 1. The molecule has 0 spiro atoms. The highest BCUT2D eigenvalue weighted by Crippen LogP contribution is 2.42. The number of benzene rings is 2. The van der Waals surface area contributed by atoms with Crippen molar-refractivity contribution < 1.29 is 82.8 Å². The Morgan fingerprint density at radius 2 is 1.35 bits per heavy atom. The van der Waals surface area contributed by atoms with Crippen LogP contribution in [0.3, 0.4) is 0 Å². The molecule has 2 bridgehead atoms. The van der Waals surface area contributed by atoms with Crippen molar-refractivity contribution in [1.29, 1.82) is 0 Å². The molecular weight excluding hydrogens is 1120 g/mol. The molecule has 3 saturated heterocycles. The minimum absolute atomic E-state index is 0.194. The van der Waals surface area contributed by atoms with Crippen molar-refractivity contribution in [2.45, 2.75) is 141 Å². The van der Waals surface area contributed by atoms with Crippen LogP contribution in [0.15, 0.2) is 67.0 Å². The molecule has 2 aromatic carbocycles. The van der Waals surface area contributed by atoms with Crippen LogP contribution in [0.25, 0.3) is 11.3 Å². The van der Waals surface area contributed by atoms with Crippen molar-refractivity contribution in [1.82, 2.24) is 46.0 Å². The molecule has 83 heavy (non-hydrogen) atoms. The van der Waals surface area contributed by atoms with Crippen LogP contribution < -0.4 is 26.3 Å². The quantitative estimate of drug-likeness (QED) is 0.0302. The molecule has 4 aromatic rings. The second-order valence-electron chi connectivity index (χ2n) is 22.8. The molecule has 0 saturated carbocycles. The molecule has 0 aliphatic carbocycles. The maximum Gasteiger partial charge on any atom is 0.408 e. The van der Waals surface area contributed by atoms with E-state index in [0.717, 1.165) is 57.2 Å². The van der Waals surface area contributed by atoms with Gasteiger partial charge in [-0.25, -0.2) is 33.0 Å². The molecule has 5 heterocycles. The van der Waals surface area contributed by atoms with Gasteiger partial charge in [-0.1, -0.05) is 24.0 Å². The molecular formula is C55H64F10N10O8. The number of aliphatic hydroxyl groups excluding tert-OH is 1. The van der Waals surface area contributed by atoms with E-state index < -0.39 is 120 Å². The zero-order valence-electron chi connectivity index (χ0n) is 46.1. The molecule has 2 aromatic heterocycles. The van der Waals surface area contributed by atoms with Gasteiger partial charge in [-0.2, -0.15) is 40.2 Å². The van der Waals surface area contributed by atoms with Crippen LogP contribution >= 0.6 is 0 Å². The van der Waals surface area contributed by atoms with Gasteiger partial charge in [0.05, 0.1) is 47.9 Å². The zero-order chi connectivity index (χ0) is 61.1. The highest BCUT2D eigenvalue weighted by molar-refractivity contribution is 5.87. The Hall–Kier alpha value is -7.22. The number of alkyl carbamates (subject to hydrolysis) is 1. The van der Waals surface area contributed by atoms with Crippen molar-refractivity contribution in [3.8, 4) is 23.1 Å². The summed E-state index contributed by atoms with van der Waals surface area (Å²) in [6, 6.07) is 6.27. The number of nitrogens with zero attached hydrogens (tertiary/aromatic N) is 6. The smallest absolute Gasteiger partial charge is 0.408 e. The van der Waals surface area contributed by atoms with Crippen LogP contribution in [0, 0.1) is 34.3 Å². The number of hydrogen-bond donors (Lipinski definition) is 6. The fourth-order valence-electron chi connectivity index (χ4n) is 9.87. The summed E-state index contributed by atoms with van der Waals surface area (Å²) < 4.78 is 157. The van der Waals surface area contributed by atoms with E-state index in [9.17, 15) is 64.5 Å². The second-order valence-corrected chi connectivity index (χ2v) is 22.8. The molecule has 6 unspecified atom stereocenters. The zero-order valence-corrected chi connectivity index (χ0v) is 46.1. The SMILES string of the molecule is CC(C)(C)OC(=O)NC(C(=O)NN(Cc1c(F)cc(-c2ccn(C(F)F)n2)cc1F)CC(O)C(Cc1ccc(C#Cc2ccc(N3CC4CCC(C3)N4C3COC3)nc2)cc1)NC(=O)C(NC(=O)O)C(C)(C)C(F)(F)F)C(C)(C)C(F)(F)F. The molecule has 3 aliphatic heterocycles. The number of hydrazine groups is 1. The first-order valence-electron chi connectivity index (χ1n) is 26.3. The number of aliphatic hydroxyl groups is 1. The fraction of sp³-hybridized carbons (Fsp3) is 0.527. The number of alkyl halides is 8. The van der Waals surface area contributed by atoms with Crippen LogP contribution in [0.4, 0.5) is 59.3 Å². The van der Waals surface area contributed by atoms with Crippen molar-refractivity contribution >= 4 is 29.8 Å². The summed E-state index contributed by atoms with van der Waals surface area (Å²) in [4.78, 5) is 62.6. The molecule has 7 rings (SSSR count). The monoisotopic (exact) mass is 1180 g/mol. The highest BCUT2D eigenvalue weighted by atomic mass is 19.4. The van der Waals surface area contributed by atoms with Crippen molar-refractivity contribution in [2.24, 2.45) is 10.8 Å². The van der Waals surface area contributed by atoms with Gasteiger partial charge >= 0.3 is 31.1 Å². The predicted molar refractivity (Wildman–Crippen MR) is 279 cm³/mol. The lowest BCUT2D eigenvalue weighted by molar-refractivity contribution is -0.221. The predicted octanol–water partition coefficient (Wildman–Crippen LogP) is 7.70. The van der Waals surface area contributed by atoms with Gasteiger partial charge in [0.15, 0.2) is 0 Å². The second kappa shape index (κ2) is 24.9. The first-order valence-corrected chi connectivity index (χ1v) is 26.3. The lowest BCUT2D eigenvalue weighted by Gasteiger charge is -2.47. The van der Waals surface area contributed by atoms with Crippen molar-refractivity contribution in [3.05, 3.63) is 101 Å². The lowest BCUT2D eigenvalue weighted by Crippen LogP contribution is -2.63. The highest BCUT2D eigenvalue weighted by Gasteiger charge is 2.57. The third kappa shape index (κ3) is 15.3. The minimum Gasteiger partial charge on any atom is -0.465 e. The Kier molecular flexibility index (Phi) is 19.0. The number of aromatic nitrogens is 3. The number of carbonyl (C=O) groups is 4. The van der Waals surface area contributed by atoms with E-state index in [1.54, 1.807) is 11.5 Å². The van der Waals surface area contributed by atoms with Crippen molar-refractivity contribution in [3.63, 3.8) is 0 Å². The molecule has 4 amide bonds. The Morgan fingerprint density at radius 1 is 0.783 bits per heavy atom. The Labute approximate surface area is 471 Å². The number of hydrogen-bond acceptors (Lipinski definition) is 12. The molecule has 452 valence electrons. The Morgan fingerprint density at radius 3 is 1.84 bits per heavy atom. The average molecular weight is 1180 g/mol. The number of anilines is 1. The van der Waals surface area contributed by atoms with E-state index in [1.165, 1.54) is 45.0 Å². The largest absolute Gasteiger partial charge is 0.465 e. The van der Waals surface area contributed by atoms with Crippen LogP contribution in [0.2, 0.25) is 0 Å². The molecule has 28 heteroatoms. The van der Waals surface area contributed by atoms with Gasteiger partial charge in [-0.3, -0.25) is 19.9 Å². The van der Waals surface area contributed by atoms with Gasteiger partial charge < -0.3 is 40.5 Å². The van der Waals surface area contributed by atoms with Crippen molar-refractivity contribution in [2.75, 3.05) is 37.7 Å². The first kappa shape index (κ1) is 63.4. The van der Waals surface area contributed by atoms with E-state index in [0.29, 0.717) is 74.1 Å². The maximum absolute atomic E-state index is 16.1. The Balaban J connectivity index is 1.19. The number of carbonyl (C=O) groups excluding carboxylic acids is 3. The lowest BCUT2D eigenvalue weighted by atomic mass is 9.82. The molecule has 18 nitrogen and oxygen atoms in total. The van der Waals surface area contributed by atoms with Gasteiger partial charge in [0.25, 0.3) is 5.91 Å². The fourth-order valence-corrected chi connectivity index (χ4v) is 9.87. The number of ether oxygens (including phenoxy) is 2. The van der Waals surface area contributed by atoms with E-state index >= 15 is 8.78 Å². The number of halogens is 10. The van der Waals surface area contributed by atoms with Crippen LogP contribution in [-0.4, -0.2) is 152 Å². The summed E-state index contributed by atoms with van der Waals surface area (Å²) in [5, 5.41) is 31.4. The van der Waals surface area contributed by atoms with Gasteiger partial charge in [0.1, 0.15) is 35.1 Å². The molecule has 6 atom stereocenters. The summed E-state index contributed by atoms with van der Waals surface area (Å²) >= 11 is 0. The van der Waals surface area contributed by atoms with Gasteiger partial charge in [-0.15, -0.1) is 0 Å². The van der Waals surface area contributed by atoms with E-state index in [-0.39, 0.29) is 21.5 Å². The van der Waals surface area contributed by atoms with Gasteiger partial charge in [0, 0.05) is 72.9 Å². The van der Waals surface area contributed by atoms with Gasteiger partial charge in [-0.05, 0) is 116 Å². The van der Waals surface area contributed by atoms with E-state index in [1.807, 2.05) is 22.9 Å². The maximum atomic E-state index is 16.1. The summed E-state index contributed by atoms with van der Waals surface area (Å²) in [5.41, 5.74) is -5.92. The number of amides is 4. The van der Waals surface area contributed by atoms with Crippen LogP contribution in [-0.2, 0) is 32.0 Å². The topological polar surface area (TPSA) is 216 Å². The third-order valence-corrected chi connectivity index (χ3v) is 14.8. The number of pyridine rings is 1. The standard InChI is InChI=1S/C55H64F10N10O8/c1-51(2,3)83-50(81)69-45(53(6,7)55(63,64)65)47(78)71-73(26-37-38(56)21-33(22-39(37)57)40-18-19-74(70-40)48(58)59)27-42(76)41(67-46(77)44(68-49(79)80)52(4,5)54(60,61)62)20-31-11-8-30(9-12-31)10-13-32-14-17-43(66-23-32)72-24-34-15-16-35(25-72)75(34)36-28-82-29-36/h8-9,11-12,14,17-19,21-23,34-36,41-42,44-45,48,68,76H,15-16,20,24-29H2,1-7H3,(H,67,77)(H,69,81)(H,71,78)(H,79,80). The third-order valence-electron chi connectivity index (χ3n) is 14.8. The number of nitrogens with one attached hydrogen (secondary N) is 4. The number of piperazine rings is 1. The van der Waals surface area contributed by atoms with E-state index in [2.05, 4.69) is 37.0 Å². The summed E-state index contributed by atoms with van der Waals surface area (Å²) in [6.07, 6.45) is -12.1. The molecule has 3 aliphatic rings. The molecule has 0 radical (unpaired) electrons. The number of rotatable bonds is 19. The molecule has 3 fully saturated rings. The Bertz CT molecular complexity index is 2990. The summed E-state index contributed by atoms with van der Waals surface area (Å²) in [7, 11) is 0. The summed E-state index contributed by atoms with van der Waals surface area (Å²) in [6.45, 7) is 3.94. The van der Waals surface area contributed by atoms with Gasteiger partial charge in [0.2, 0.25) is 5.91 Å². The van der Waals surface area contributed by atoms with Crippen LogP contribution in [0.5, 0.6) is 0 Å².